The third-order valence-electron chi connectivity index (χ3n) is 7.83. The summed E-state index contributed by atoms with van der Waals surface area (Å²) in [5, 5.41) is 1.05. The molecule has 4 heterocycles. The van der Waals surface area contributed by atoms with Crippen molar-refractivity contribution in [3.05, 3.63) is 35.5 Å². The number of hydrogen-bond acceptors (Lipinski definition) is 6. The quantitative estimate of drug-likeness (QED) is 0.663. The zero-order valence-corrected chi connectivity index (χ0v) is 19.5. The number of rotatable bonds is 3. The predicted molar refractivity (Wildman–Crippen MR) is 119 cm³/mol. The Hall–Kier alpha value is -2.87. The summed E-state index contributed by atoms with van der Waals surface area (Å²) in [5.74, 6) is -1.20. The highest BCUT2D eigenvalue weighted by Crippen LogP contribution is 2.56. The smallest absolute Gasteiger partial charge is 0.339 e. The summed E-state index contributed by atoms with van der Waals surface area (Å²) < 4.78 is 19.2. The van der Waals surface area contributed by atoms with E-state index in [4.69, 9.17) is 14.2 Å². The van der Waals surface area contributed by atoms with Crippen molar-refractivity contribution in [1.82, 2.24) is 9.47 Å². The number of fused-ring (bicyclic) bond motifs is 5. The van der Waals surface area contributed by atoms with Crippen LogP contribution in [0.25, 0.3) is 10.9 Å². The molecular weight excluding hydrogens is 424 g/mol. The monoisotopic (exact) mass is 454 g/mol. The Labute approximate surface area is 192 Å². The Morgan fingerprint density at radius 1 is 1.21 bits per heavy atom. The van der Waals surface area contributed by atoms with Crippen LogP contribution < -0.4 is 0 Å². The molecule has 8 heteroatoms. The number of carbonyl (C=O) groups excluding carboxylic acids is 3. The predicted octanol–water partition coefficient (Wildman–Crippen LogP) is 2.92. The Bertz CT molecular complexity index is 1140. The number of carbonyl (C=O) groups is 3. The molecule has 0 N–H and O–H groups in total. The second-order valence-corrected chi connectivity index (χ2v) is 9.30. The third kappa shape index (κ3) is 2.89. The van der Waals surface area contributed by atoms with E-state index in [1.54, 1.807) is 6.92 Å². The number of ether oxygens (including phenoxy) is 3. The number of para-hydroxylation sites is 1. The van der Waals surface area contributed by atoms with Crippen molar-refractivity contribution in [2.45, 2.75) is 57.9 Å². The highest BCUT2D eigenvalue weighted by molar-refractivity contribution is 5.92. The number of nitrogens with zero attached hydrogens (tertiary/aromatic N) is 2. The summed E-state index contributed by atoms with van der Waals surface area (Å²) in [6.45, 7) is 6.00. The van der Waals surface area contributed by atoms with E-state index in [2.05, 4.69) is 13.0 Å². The molecule has 3 aliphatic heterocycles. The van der Waals surface area contributed by atoms with Gasteiger partial charge in [-0.25, -0.2) is 4.79 Å². The number of methoxy groups -OCH3 is 1. The summed E-state index contributed by atoms with van der Waals surface area (Å²) in [6, 6.07) is 7.79. The zero-order chi connectivity index (χ0) is 23.5. The van der Waals surface area contributed by atoms with Crippen LogP contribution in [0, 0.1) is 11.8 Å². The summed E-state index contributed by atoms with van der Waals surface area (Å²) in [6.07, 6.45) is 0.933. The summed E-state index contributed by atoms with van der Waals surface area (Å²) in [4.78, 5) is 40.5. The number of esters is 2. The molecule has 1 fully saturated rings. The van der Waals surface area contributed by atoms with Crippen LogP contribution in [0.1, 0.15) is 50.9 Å². The first kappa shape index (κ1) is 21.9. The molecule has 3 aliphatic rings. The van der Waals surface area contributed by atoms with Crippen LogP contribution in [0.4, 0.5) is 0 Å². The minimum absolute atomic E-state index is 0.0182. The minimum atomic E-state index is -1.37. The fraction of sp³-hybridized carbons (Fsp3) is 0.560. The van der Waals surface area contributed by atoms with E-state index in [0.717, 1.165) is 28.6 Å². The van der Waals surface area contributed by atoms with E-state index in [-0.39, 0.29) is 23.8 Å². The van der Waals surface area contributed by atoms with Gasteiger partial charge in [0.15, 0.2) is 0 Å². The molecule has 1 saturated heterocycles. The molecule has 5 unspecified atom stereocenters. The molecule has 0 radical (unpaired) electrons. The van der Waals surface area contributed by atoms with Crippen molar-refractivity contribution in [2.24, 2.45) is 11.8 Å². The molecule has 1 amide bonds. The van der Waals surface area contributed by atoms with Gasteiger partial charge in [-0.2, -0.15) is 0 Å². The van der Waals surface area contributed by atoms with Crippen molar-refractivity contribution < 1.29 is 28.6 Å². The molecule has 0 aliphatic carbocycles. The lowest BCUT2D eigenvalue weighted by atomic mass is 9.65. The number of benzene rings is 1. The van der Waals surface area contributed by atoms with Crippen LogP contribution in [-0.4, -0.2) is 53.9 Å². The van der Waals surface area contributed by atoms with Gasteiger partial charge in [-0.3, -0.25) is 9.59 Å². The van der Waals surface area contributed by atoms with Gasteiger partial charge in [0, 0.05) is 42.9 Å². The van der Waals surface area contributed by atoms with Gasteiger partial charge in [0.25, 0.3) is 0 Å². The third-order valence-corrected chi connectivity index (χ3v) is 7.83. The van der Waals surface area contributed by atoms with E-state index < -0.39 is 23.8 Å². The molecule has 5 rings (SSSR count). The van der Waals surface area contributed by atoms with E-state index in [9.17, 15) is 14.4 Å². The van der Waals surface area contributed by atoms with Gasteiger partial charge in [-0.05, 0) is 30.4 Å². The van der Waals surface area contributed by atoms with Gasteiger partial charge in [-0.1, -0.05) is 31.5 Å². The normalized spacial score (nSPS) is 30.4. The summed E-state index contributed by atoms with van der Waals surface area (Å²) >= 11 is 0. The maximum absolute atomic E-state index is 13.8. The lowest BCUT2D eigenvalue weighted by Crippen LogP contribution is -2.67. The average Bonchev–Trinajstić information content (AvgIpc) is 3.14. The second kappa shape index (κ2) is 7.87. The van der Waals surface area contributed by atoms with Crippen LogP contribution in [0.5, 0.6) is 0 Å². The SMILES string of the molecule is CCC1COC(OC(C)=O)C2(C(=O)OC)C1CC1c3c(c4ccccc4n32)CCN1C(C)=O. The van der Waals surface area contributed by atoms with Gasteiger partial charge in [0.05, 0.1) is 19.8 Å². The lowest BCUT2D eigenvalue weighted by molar-refractivity contribution is -0.258. The number of hydrogen-bond donors (Lipinski definition) is 0. The van der Waals surface area contributed by atoms with Crippen LogP contribution in [0.3, 0.4) is 0 Å². The zero-order valence-electron chi connectivity index (χ0n) is 19.5. The van der Waals surface area contributed by atoms with Gasteiger partial charge in [0.1, 0.15) is 0 Å². The number of amides is 1. The first-order valence-electron chi connectivity index (χ1n) is 11.6. The van der Waals surface area contributed by atoms with E-state index >= 15 is 0 Å². The van der Waals surface area contributed by atoms with Crippen molar-refractivity contribution in [3.63, 3.8) is 0 Å². The Morgan fingerprint density at radius 3 is 2.64 bits per heavy atom. The Morgan fingerprint density at radius 2 is 1.97 bits per heavy atom. The van der Waals surface area contributed by atoms with Crippen molar-refractivity contribution in [3.8, 4) is 0 Å². The highest BCUT2D eigenvalue weighted by atomic mass is 16.7. The topological polar surface area (TPSA) is 87.1 Å². The van der Waals surface area contributed by atoms with Gasteiger partial charge in [-0.15, -0.1) is 0 Å². The molecule has 33 heavy (non-hydrogen) atoms. The Kier molecular flexibility index (Phi) is 5.23. The molecule has 0 bridgehead atoms. The lowest BCUT2D eigenvalue weighted by Gasteiger charge is -2.56. The molecular formula is C25H30N2O6. The molecule has 176 valence electrons. The fourth-order valence-corrected chi connectivity index (χ4v) is 6.54. The van der Waals surface area contributed by atoms with Crippen LogP contribution >= 0.6 is 0 Å². The van der Waals surface area contributed by atoms with Gasteiger partial charge < -0.3 is 23.7 Å². The first-order chi connectivity index (χ1) is 15.9. The standard InChI is InChI=1S/C25H30N2O6/c1-5-16-13-32-24(33-15(3)29)25(23(30)31-4)19(16)12-21-22-18(10-11-26(21)14(2)28)17-8-6-7-9-20(17)27(22)25/h6-9,16,19,21,24H,5,10-13H2,1-4H3. The molecule has 0 saturated carbocycles. The molecule has 0 spiro atoms. The molecule has 5 atom stereocenters. The second-order valence-electron chi connectivity index (χ2n) is 9.30. The molecule has 1 aromatic carbocycles. The largest absolute Gasteiger partial charge is 0.467 e. The van der Waals surface area contributed by atoms with Crippen LogP contribution in [0.15, 0.2) is 24.3 Å². The summed E-state index contributed by atoms with van der Waals surface area (Å²) in [7, 11) is 1.36. The highest BCUT2D eigenvalue weighted by Gasteiger charge is 2.66. The van der Waals surface area contributed by atoms with Gasteiger partial charge in [0.2, 0.25) is 17.7 Å². The van der Waals surface area contributed by atoms with Gasteiger partial charge >= 0.3 is 11.9 Å². The number of aromatic nitrogens is 1. The maximum atomic E-state index is 13.8. The maximum Gasteiger partial charge on any atom is 0.339 e. The van der Waals surface area contributed by atoms with Crippen LogP contribution in [0.2, 0.25) is 0 Å². The minimum Gasteiger partial charge on any atom is -0.467 e. The van der Waals surface area contributed by atoms with Crippen molar-refractivity contribution in [2.75, 3.05) is 20.3 Å². The summed E-state index contributed by atoms with van der Waals surface area (Å²) in [5.41, 5.74) is 1.56. The molecule has 1 aromatic heterocycles. The fourth-order valence-electron chi connectivity index (χ4n) is 6.54. The van der Waals surface area contributed by atoms with Crippen LogP contribution in [-0.2, 0) is 40.6 Å². The molecule has 8 nitrogen and oxygen atoms in total. The average molecular weight is 455 g/mol. The van der Waals surface area contributed by atoms with E-state index in [1.807, 2.05) is 27.7 Å². The van der Waals surface area contributed by atoms with Crippen molar-refractivity contribution in [1.29, 1.82) is 0 Å². The van der Waals surface area contributed by atoms with E-state index in [1.165, 1.54) is 14.0 Å². The molecule has 2 aromatic rings. The Balaban J connectivity index is 1.89. The van der Waals surface area contributed by atoms with Crippen molar-refractivity contribution >= 4 is 28.7 Å². The van der Waals surface area contributed by atoms with E-state index in [0.29, 0.717) is 26.0 Å². The first-order valence-corrected chi connectivity index (χ1v) is 11.6.